The van der Waals surface area contributed by atoms with Gasteiger partial charge in [0.25, 0.3) is 0 Å². The van der Waals surface area contributed by atoms with Crippen molar-refractivity contribution in [3.05, 3.63) is 64.7 Å². The van der Waals surface area contributed by atoms with Gasteiger partial charge in [-0.25, -0.2) is 4.39 Å². The van der Waals surface area contributed by atoms with Crippen molar-refractivity contribution >= 4 is 0 Å². The molecule has 0 aromatic heterocycles. The Morgan fingerprint density at radius 2 is 1.49 bits per heavy atom. The van der Waals surface area contributed by atoms with E-state index in [0.717, 1.165) is 44.3 Å². The fraction of sp³-hybridized carbons (Fsp3) is 0.600. The second kappa shape index (κ2) is 15.2. The molecule has 2 aromatic carbocycles. The average Bonchev–Trinajstić information content (AvgIpc) is 2.89. The van der Waals surface area contributed by atoms with E-state index in [1.807, 2.05) is 0 Å². The average molecular weight is 491 g/mol. The molecule has 1 aliphatic carbocycles. The molecular formula is C30H41F3O2. The molecule has 3 rings (SSSR count). The van der Waals surface area contributed by atoms with Crippen molar-refractivity contribution in [2.45, 2.75) is 83.0 Å². The zero-order valence-electron chi connectivity index (χ0n) is 21.2. The number of benzene rings is 2. The molecular weight excluding hydrogens is 449 g/mol. The van der Waals surface area contributed by atoms with Crippen LogP contribution in [0.1, 0.15) is 86.8 Å². The number of unbranched alkanes of at least 4 members (excludes halogenated alkanes) is 3. The van der Waals surface area contributed by atoms with Crippen LogP contribution in [-0.4, -0.2) is 27.0 Å². The summed E-state index contributed by atoms with van der Waals surface area (Å²) < 4.78 is 52.0. The summed E-state index contributed by atoms with van der Waals surface area (Å²) in [6.45, 7) is 0.927. The molecule has 1 aliphatic rings. The minimum Gasteiger partial charge on any atom is -0.490 e. The maximum Gasteiger partial charge on any atom is 0.200 e. The van der Waals surface area contributed by atoms with Gasteiger partial charge in [-0.2, -0.15) is 4.39 Å². The van der Waals surface area contributed by atoms with Crippen LogP contribution in [0.5, 0.6) is 5.75 Å². The van der Waals surface area contributed by atoms with Gasteiger partial charge in [-0.15, -0.1) is 0 Å². The van der Waals surface area contributed by atoms with E-state index < -0.39 is 11.6 Å². The Kier molecular flexibility index (Phi) is 12.0. The number of ether oxygens (including phenoxy) is 2. The van der Waals surface area contributed by atoms with Gasteiger partial charge < -0.3 is 9.47 Å². The van der Waals surface area contributed by atoms with Crippen molar-refractivity contribution in [3.63, 3.8) is 0 Å². The zero-order valence-corrected chi connectivity index (χ0v) is 21.2. The number of aryl methyl sites for hydroxylation is 2. The van der Waals surface area contributed by atoms with E-state index in [1.54, 1.807) is 19.2 Å². The first-order valence-corrected chi connectivity index (χ1v) is 13.4. The monoisotopic (exact) mass is 490 g/mol. The third kappa shape index (κ3) is 8.86. The molecule has 0 unspecified atom stereocenters. The van der Waals surface area contributed by atoms with Crippen LogP contribution < -0.4 is 4.74 Å². The second-order valence-corrected chi connectivity index (χ2v) is 9.90. The molecule has 0 saturated heterocycles. The fourth-order valence-electron chi connectivity index (χ4n) is 5.15. The quantitative estimate of drug-likeness (QED) is 0.234. The highest BCUT2D eigenvalue weighted by Gasteiger charge is 2.22. The maximum atomic E-state index is 14.6. The van der Waals surface area contributed by atoms with Crippen LogP contribution in [-0.2, 0) is 17.6 Å². The fourth-order valence-corrected chi connectivity index (χ4v) is 5.15. The molecule has 194 valence electrons. The summed E-state index contributed by atoms with van der Waals surface area (Å²) in [4.78, 5) is 0. The zero-order chi connectivity index (χ0) is 24.9. The third-order valence-electron chi connectivity index (χ3n) is 7.35. The summed E-state index contributed by atoms with van der Waals surface area (Å²) in [5.74, 6) is -0.440. The van der Waals surface area contributed by atoms with Gasteiger partial charge in [0.05, 0.1) is 13.3 Å². The molecule has 0 heterocycles. The Bertz CT molecular complexity index is 861. The molecule has 1 saturated carbocycles. The smallest absolute Gasteiger partial charge is 0.200 e. The lowest BCUT2D eigenvalue weighted by atomic mass is 9.77. The van der Waals surface area contributed by atoms with Crippen LogP contribution in [0.4, 0.5) is 13.2 Å². The van der Waals surface area contributed by atoms with E-state index in [1.165, 1.54) is 31.2 Å². The van der Waals surface area contributed by atoms with Crippen LogP contribution in [0.15, 0.2) is 36.4 Å². The van der Waals surface area contributed by atoms with Crippen molar-refractivity contribution in [1.29, 1.82) is 0 Å². The van der Waals surface area contributed by atoms with Crippen molar-refractivity contribution in [2.24, 2.45) is 5.92 Å². The molecule has 0 amide bonds. The maximum absolute atomic E-state index is 14.6. The molecule has 0 N–H and O–H groups in total. The van der Waals surface area contributed by atoms with Crippen molar-refractivity contribution < 1.29 is 22.6 Å². The van der Waals surface area contributed by atoms with Crippen LogP contribution in [0, 0.1) is 17.6 Å². The third-order valence-corrected chi connectivity index (χ3v) is 7.35. The van der Waals surface area contributed by atoms with E-state index >= 15 is 0 Å². The Morgan fingerprint density at radius 1 is 0.771 bits per heavy atom. The molecule has 0 radical (unpaired) electrons. The number of halogens is 3. The normalized spacial score (nSPS) is 18.1. The lowest BCUT2D eigenvalue weighted by Crippen LogP contribution is -2.13. The first kappa shape index (κ1) is 27.6. The largest absolute Gasteiger partial charge is 0.490 e. The summed E-state index contributed by atoms with van der Waals surface area (Å²) in [5, 5.41) is 0. The highest BCUT2D eigenvalue weighted by molar-refractivity contribution is 5.32. The summed E-state index contributed by atoms with van der Waals surface area (Å²) in [6, 6.07) is 11.8. The molecule has 2 nitrogen and oxygen atoms in total. The first-order chi connectivity index (χ1) is 17.1. The molecule has 1 fully saturated rings. The minimum absolute atomic E-state index is 0.00749. The van der Waals surface area contributed by atoms with Gasteiger partial charge in [-0.3, -0.25) is 4.39 Å². The standard InChI is InChI=1S/C30H41F3O2/c1-34-21-4-2-3-5-22-35-28-19-18-27(29(32)30(28)33)17-12-24-10-15-26(16-11-24)25-13-8-23(9-14-25)7-6-20-31/h10-11,15-16,18-19,23,25H,2-9,12-14,17,20-22H2,1H3. The van der Waals surface area contributed by atoms with Crippen molar-refractivity contribution in [3.8, 4) is 5.75 Å². The Balaban J connectivity index is 1.43. The van der Waals surface area contributed by atoms with Gasteiger partial charge in [0.1, 0.15) is 0 Å². The predicted octanol–water partition coefficient (Wildman–Crippen LogP) is 8.36. The van der Waals surface area contributed by atoms with Crippen LogP contribution in [0.3, 0.4) is 0 Å². The first-order valence-electron chi connectivity index (χ1n) is 13.4. The molecule has 35 heavy (non-hydrogen) atoms. The van der Waals surface area contributed by atoms with E-state index in [2.05, 4.69) is 24.3 Å². The molecule has 0 atom stereocenters. The molecule has 5 heteroatoms. The summed E-state index contributed by atoms with van der Waals surface area (Å²) in [7, 11) is 1.69. The Labute approximate surface area is 209 Å². The molecule has 2 aromatic rings. The van der Waals surface area contributed by atoms with Crippen molar-refractivity contribution in [2.75, 3.05) is 27.0 Å². The molecule has 0 bridgehead atoms. The summed E-state index contributed by atoms with van der Waals surface area (Å²) >= 11 is 0. The van der Waals surface area contributed by atoms with Crippen LogP contribution in [0.25, 0.3) is 0 Å². The number of rotatable bonds is 15. The lowest BCUT2D eigenvalue weighted by Gasteiger charge is -2.28. The number of methoxy groups -OCH3 is 1. The molecule has 0 spiro atoms. The SMILES string of the molecule is COCCCCCCOc1ccc(CCc2ccc(C3CCC(CCCF)CC3)cc2)c(F)c1F. The van der Waals surface area contributed by atoms with Crippen molar-refractivity contribution in [1.82, 2.24) is 0 Å². The van der Waals surface area contributed by atoms with E-state index in [4.69, 9.17) is 9.47 Å². The van der Waals surface area contributed by atoms with Gasteiger partial charge in [0.15, 0.2) is 11.6 Å². The van der Waals surface area contributed by atoms with Crippen LogP contribution >= 0.6 is 0 Å². The van der Waals surface area contributed by atoms with Gasteiger partial charge in [0, 0.05) is 13.7 Å². The number of hydrogen-bond donors (Lipinski definition) is 0. The Morgan fingerprint density at radius 3 is 2.17 bits per heavy atom. The summed E-state index contributed by atoms with van der Waals surface area (Å²) in [6.07, 6.45) is 11.4. The van der Waals surface area contributed by atoms with Crippen LogP contribution in [0.2, 0.25) is 0 Å². The van der Waals surface area contributed by atoms with Gasteiger partial charge >= 0.3 is 0 Å². The summed E-state index contributed by atoms with van der Waals surface area (Å²) in [5.41, 5.74) is 2.86. The van der Waals surface area contributed by atoms with E-state index in [0.29, 0.717) is 43.3 Å². The van der Waals surface area contributed by atoms with E-state index in [9.17, 15) is 13.2 Å². The van der Waals surface area contributed by atoms with Gasteiger partial charge in [-0.05, 0) is 105 Å². The number of alkyl halides is 1. The highest BCUT2D eigenvalue weighted by atomic mass is 19.2. The minimum atomic E-state index is -0.889. The second-order valence-electron chi connectivity index (χ2n) is 9.90. The Hall–Kier alpha value is -2.01. The van der Waals surface area contributed by atoms with E-state index in [-0.39, 0.29) is 12.4 Å². The number of hydrogen-bond acceptors (Lipinski definition) is 2. The predicted molar refractivity (Wildman–Crippen MR) is 136 cm³/mol. The lowest BCUT2D eigenvalue weighted by molar-refractivity contribution is 0.190. The topological polar surface area (TPSA) is 18.5 Å². The van der Waals surface area contributed by atoms with Gasteiger partial charge in [0.2, 0.25) is 5.82 Å². The highest BCUT2D eigenvalue weighted by Crippen LogP contribution is 2.37. The molecule has 0 aliphatic heterocycles. The van der Waals surface area contributed by atoms with Gasteiger partial charge in [-0.1, -0.05) is 36.8 Å².